The van der Waals surface area contributed by atoms with Crippen molar-refractivity contribution < 1.29 is 31.1 Å². The van der Waals surface area contributed by atoms with Gasteiger partial charge in [-0.2, -0.15) is 4.31 Å². The molecule has 1 amide bonds. The van der Waals surface area contributed by atoms with E-state index in [0.717, 1.165) is 0 Å². The summed E-state index contributed by atoms with van der Waals surface area (Å²) in [5.41, 5.74) is 0.538. The van der Waals surface area contributed by atoms with E-state index in [9.17, 15) is 26.4 Å². The fourth-order valence-electron chi connectivity index (χ4n) is 6.22. The summed E-state index contributed by atoms with van der Waals surface area (Å²) in [4.78, 5) is 16.8. The summed E-state index contributed by atoms with van der Waals surface area (Å²) in [6, 6.07) is 10.7. The van der Waals surface area contributed by atoms with Crippen molar-refractivity contribution in [1.82, 2.24) is 14.1 Å². The number of piperidine rings is 3. The molecule has 0 unspecified atom stereocenters. The Kier molecular flexibility index (Phi) is 9.18. The molecule has 5 rings (SSSR count). The minimum atomic E-state index is -4.05. The number of amides is 1. The topological polar surface area (TPSA) is 70.2 Å². The maximum absolute atomic E-state index is 14.2. The van der Waals surface area contributed by atoms with Crippen LogP contribution in [0.1, 0.15) is 56.6 Å². The lowest BCUT2D eigenvalue weighted by Crippen LogP contribution is -2.51. The molecule has 2 aromatic rings. The number of carbonyl (C=O) groups excluding carboxylic acids is 1. The van der Waals surface area contributed by atoms with E-state index in [2.05, 4.69) is 4.90 Å². The van der Waals surface area contributed by atoms with Gasteiger partial charge in [0.05, 0.1) is 17.0 Å². The number of benzene rings is 2. The number of sulfonamides is 1. The normalized spacial score (nSPS) is 24.7. The van der Waals surface area contributed by atoms with Gasteiger partial charge in [-0.05, 0) is 74.1 Å². The van der Waals surface area contributed by atoms with Crippen LogP contribution in [-0.4, -0.2) is 79.4 Å². The molecule has 0 bridgehead atoms. The van der Waals surface area contributed by atoms with Gasteiger partial charge in [-0.3, -0.25) is 4.90 Å². The molecule has 0 aliphatic carbocycles. The smallest absolute Gasteiger partial charge is 0.409 e. The summed E-state index contributed by atoms with van der Waals surface area (Å²) < 4.78 is 76.2. The fourth-order valence-corrected chi connectivity index (χ4v) is 8.19. The molecular weight excluding hydrogens is 579 g/mol. The molecule has 3 fully saturated rings. The predicted molar refractivity (Wildman–Crippen MR) is 149 cm³/mol. The van der Waals surface area contributed by atoms with Gasteiger partial charge >= 0.3 is 6.09 Å². The highest BCUT2D eigenvalue weighted by molar-refractivity contribution is 7.89. The van der Waals surface area contributed by atoms with Gasteiger partial charge in [0.15, 0.2) is 0 Å². The standard InChI is InChI=1S/C29H35ClF3N3O4S/c30-22-7-9-26(10-8-22)41(38,39)36-25(5-2-6-27(36)21-3-1-4-23(31)19-21)20-40-28(37)35-15-11-24(12-16-35)34-17-13-29(32,33)14-18-34/h1,3-4,7-10,19,24-25,27H,2,5-6,11-18,20H2/t25-,27+/m1/s1. The summed E-state index contributed by atoms with van der Waals surface area (Å²) in [5, 5.41) is 0.400. The number of ether oxygens (including phenoxy) is 1. The van der Waals surface area contributed by atoms with Crippen LogP contribution in [-0.2, 0) is 14.8 Å². The largest absolute Gasteiger partial charge is 0.448 e. The predicted octanol–water partition coefficient (Wildman–Crippen LogP) is 6.10. The Bertz CT molecular complexity index is 1310. The molecule has 0 spiro atoms. The maximum Gasteiger partial charge on any atom is 0.409 e. The Hall–Kier alpha value is -2.34. The first-order valence-electron chi connectivity index (χ1n) is 14.1. The van der Waals surface area contributed by atoms with Gasteiger partial charge < -0.3 is 9.64 Å². The number of rotatable bonds is 6. The monoisotopic (exact) mass is 613 g/mol. The van der Waals surface area contributed by atoms with Crippen LogP contribution in [0.3, 0.4) is 0 Å². The van der Waals surface area contributed by atoms with Crippen molar-refractivity contribution in [3.05, 3.63) is 64.9 Å². The average Bonchev–Trinajstić information content (AvgIpc) is 2.96. The molecule has 12 heteroatoms. The van der Waals surface area contributed by atoms with Crippen LogP contribution < -0.4 is 0 Å². The summed E-state index contributed by atoms with van der Waals surface area (Å²) >= 11 is 6.00. The molecule has 7 nitrogen and oxygen atoms in total. The second-order valence-corrected chi connectivity index (χ2v) is 13.4. The molecular formula is C29H35ClF3N3O4S. The third-order valence-corrected chi connectivity index (χ3v) is 10.7. The van der Waals surface area contributed by atoms with Crippen LogP contribution in [0.2, 0.25) is 5.02 Å². The van der Waals surface area contributed by atoms with Crippen molar-refractivity contribution in [2.24, 2.45) is 0 Å². The fraction of sp³-hybridized carbons (Fsp3) is 0.552. The number of hydrogen-bond donors (Lipinski definition) is 0. The number of alkyl halides is 2. The molecule has 0 radical (unpaired) electrons. The van der Waals surface area contributed by atoms with E-state index in [1.807, 2.05) is 0 Å². The van der Waals surface area contributed by atoms with E-state index in [1.54, 1.807) is 17.0 Å². The lowest BCUT2D eigenvalue weighted by atomic mass is 9.93. The van der Waals surface area contributed by atoms with Gasteiger partial charge in [0.25, 0.3) is 5.92 Å². The molecule has 3 saturated heterocycles. The summed E-state index contributed by atoms with van der Waals surface area (Å²) in [7, 11) is -4.05. The second-order valence-electron chi connectivity index (χ2n) is 11.1. The Morgan fingerprint density at radius 1 is 0.976 bits per heavy atom. The summed E-state index contributed by atoms with van der Waals surface area (Å²) in [5.74, 6) is -3.05. The number of carbonyl (C=O) groups is 1. The maximum atomic E-state index is 14.2. The highest BCUT2D eigenvalue weighted by Crippen LogP contribution is 2.39. The van der Waals surface area contributed by atoms with E-state index in [4.69, 9.17) is 16.3 Å². The number of nitrogens with zero attached hydrogens (tertiary/aromatic N) is 3. The molecule has 2 atom stereocenters. The van der Waals surface area contributed by atoms with Gasteiger partial charge in [-0.25, -0.2) is 26.4 Å². The van der Waals surface area contributed by atoms with Gasteiger partial charge in [-0.15, -0.1) is 0 Å². The summed E-state index contributed by atoms with van der Waals surface area (Å²) in [6.45, 7) is 1.46. The van der Waals surface area contributed by atoms with Gasteiger partial charge in [0.1, 0.15) is 12.4 Å². The van der Waals surface area contributed by atoms with Crippen LogP contribution in [0.4, 0.5) is 18.0 Å². The van der Waals surface area contributed by atoms with Crippen LogP contribution in [0.5, 0.6) is 0 Å². The third-order valence-electron chi connectivity index (χ3n) is 8.47. The lowest BCUT2D eigenvalue weighted by Gasteiger charge is -2.42. The van der Waals surface area contributed by atoms with E-state index in [0.29, 0.717) is 68.9 Å². The Morgan fingerprint density at radius 2 is 1.66 bits per heavy atom. The summed E-state index contributed by atoms with van der Waals surface area (Å²) in [6.07, 6.45) is 2.20. The zero-order valence-electron chi connectivity index (χ0n) is 22.7. The molecule has 224 valence electrons. The molecule has 3 aliphatic rings. The highest BCUT2D eigenvalue weighted by atomic mass is 35.5. The van der Waals surface area contributed by atoms with Crippen molar-refractivity contribution in [1.29, 1.82) is 0 Å². The molecule has 0 saturated carbocycles. The van der Waals surface area contributed by atoms with Gasteiger partial charge in [0, 0.05) is 50.1 Å². The highest BCUT2D eigenvalue weighted by Gasteiger charge is 2.42. The molecule has 3 heterocycles. The lowest BCUT2D eigenvalue weighted by molar-refractivity contribution is -0.0672. The van der Waals surface area contributed by atoms with E-state index < -0.39 is 39.9 Å². The first-order valence-corrected chi connectivity index (χ1v) is 15.9. The minimum Gasteiger partial charge on any atom is -0.448 e. The van der Waals surface area contributed by atoms with Crippen molar-refractivity contribution in [3.8, 4) is 0 Å². The average molecular weight is 614 g/mol. The first kappa shape index (κ1) is 30.1. The minimum absolute atomic E-state index is 0.0547. The first-order chi connectivity index (χ1) is 19.5. The Morgan fingerprint density at radius 3 is 2.32 bits per heavy atom. The quantitative estimate of drug-likeness (QED) is 0.394. The van der Waals surface area contributed by atoms with Crippen LogP contribution in [0.15, 0.2) is 53.4 Å². The van der Waals surface area contributed by atoms with Crippen molar-refractivity contribution in [2.45, 2.75) is 73.9 Å². The second kappa shape index (κ2) is 12.5. The van der Waals surface area contributed by atoms with Gasteiger partial charge in [0.2, 0.25) is 10.0 Å². The zero-order chi connectivity index (χ0) is 29.2. The van der Waals surface area contributed by atoms with Crippen molar-refractivity contribution in [2.75, 3.05) is 32.8 Å². The van der Waals surface area contributed by atoms with Gasteiger partial charge in [-0.1, -0.05) is 23.7 Å². The number of likely N-dealkylation sites (tertiary alicyclic amines) is 2. The Labute approximate surface area is 244 Å². The molecule has 2 aromatic carbocycles. The molecule has 3 aliphatic heterocycles. The molecule has 0 aromatic heterocycles. The van der Waals surface area contributed by atoms with Crippen molar-refractivity contribution >= 4 is 27.7 Å². The number of halogens is 4. The van der Waals surface area contributed by atoms with E-state index >= 15 is 0 Å². The SMILES string of the molecule is O=C(OC[C@H]1CCC[C@@H](c2cccc(F)c2)N1S(=O)(=O)c1ccc(Cl)cc1)N1CCC(N2CCC(F)(F)CC2)CC1. The van der Waals surface area contributed by atoms with Crippen LogP contribution >= 0.6 is 11.6 Å². The van der Waals surface area contributed by atoms with E-state index in [-0.39, 0.29) is 30.4 Å². The third kappa shape index (κ3) is 7.01. The molecule has 0 N–H and O–H groups in total. The zero-order valence-corrected chi connectivity index (χ0v) is 24.3. The van der Waals surface area contributed by atoms with Crippen molar-refractivity contribution in [3.63, 3.8) is 0 Å². The Balaban J connectivity index is 1.27. The number of hydrogen-bond acceptors (Lipinski definition) is 5. The van der Waals surface area contributed by atoms with Crippen LogP contribution in [0.25, 0.3) is 0 Å². The molecule has 41 heavy (non-hydrogen) atoms. The van der Waals surface area contributed by atoms with Crippen LogP contribution in [0, 0.1) is 5.82 Å². The van der Waals surface area contributed by atoms with E-state index in [1.165, 1.54) is 40.7 Å².